The van der Waals surface area contributed by atoms with E-state index >= 15 is 0 Å². The average Bonchev–Trinajstić information content (AvgIpc) is 2.66. The highest BCUT2D eigenvalue weighted by molar-refractivity contribution is 5.74. The predicted octanol–water partition coefficient (Wildman–Crippen LogP) is 6.42. The van der Waals surface area contributed by atoms with Crippen LogP contribution in [0, 0.1) is 0 Å². The van der Waals surface area contributed by atoms with E-state index in [9.17, 15) is 4.79 Å². The lowest BCUT2D eigenvalue weighted by Gasteiger charge is -2.06. The van der Waals surface area contributed by atoms with Crippen LogP contribution in [0.2, 0.25) is 0 Å². The molecule has 2 heteroatoms. The summed E-state index contributed by atoms with van der Waals surface area (Å²) < 4.78 is 0. The van der Waals surface area contributed by atoms with Crippen LogP contribution in [-0.2, 0) is 4.79 Å². The summed E-state index contributed by atoms with van der Waals surface area (Å²) in [6.07, 6.45) is 1.81. The van der Waals surface area contributed by atoms with Crippen molar-refractivity contribution in [3.05, 3.63) is 35.9 Å². The molecule has 1 amide bonds. The van der Waals surface area contributed by atoms with Crippen LogP contribution in [0.1, 0.15) is 86.6 Å². The van der Waals surface area contributed by atoms with Crippen molar-refractivity contribution < 1.29 is 4.79 Å². The van der Waals surface area contributed by atoms with Crippen LogP contribution in [0.5, 0.6) is 0 Å². The van der Waals surface area contributed by atoms with Gasteiger partial charge in [-0.1, -0.05) is 92.6 Å². The van der Waals surface area contributed by atoms with Crippen molar-refractivity contribution in [2.75, 3.05) is 7.05 Å². The minimum Gasteiger partial charge on any atom is -0.359 e. The molecule has 1 aromatic rings. The van der Waals surface area contributed by atoms with E-state index in [4.69, 9.17) is 0 Å². The summed E-state index contributed by atoms with van der Waals surface area (Å²) in [5.74, 6) is 0.802. The maximum Gasteiger partial charge on any atom is 0.219 e. The van der Waals surface area contributed by atoms with E-state index in [0.29, 0.717) is 12.3 Å². The summed E-state index contributed by atoms with van der Waals surface area (Å²) in [5.41, 5.74) is 1.45. The topological polar surface area (TPSA) is 29.1 Å². The molecule has 0 spiro atoms. The summed E-state index contributed by atoms with van der Waals surface area (Å²) >= 11 is 0. The second-order valence-corrected chi connectivity index (χ2v) is 3.75. The molecular formula is C20H41NO. The zero-order chi connectivity index (χ0) is 18.4. The number of carbonyl (C=O) groups is 1. The molecule has 0 fully saturated rings. The standard InChI is InChI=1S/C10H14.C4H9NO.3C2H6/c1-3-9(2)10-7-5-4-6-8-10;1-3-4(6)5-2;3*1-2/h4-9H,3H2,1-2H3;3H2,1-2H3,(H,5,6);3*1-2H3. The van der Waals surface area contributed by atoms with Crippen molar-refractivity contribution in [2.24, 2.45) is 0 Å². The molecule has 1 aromatic carbocycles. The number of hydrogen-bond acceptors (Lipinski definition) is 1. The Morgan fingerprint density at radius 2 is 1.36 bits per heavy atom. The molecule has 0 aliphatic rings. The Morgan fingerprint density at radius 3 is 1.59 bits per heavy atom. The molecule has 2 nitrogen and oxygen atoms in total. The van der Waals surface area contributed by atoms with Crippen LogP contribution in [-0.4, -0.2) is 13.0 Å². The quantitative estimate of drug-likeness (QED) is 0.685. The average molecular weight is 312 g/mol. The SMILES string of the molecule is CC.CC.CC.CCC(=O)NC.CCC(C)c1ccccc1. The molecule has 1 atom stereocenters. The fourth-order valence-electron chi connectivity index (χ4n) is 1.19. The first-order valence-electron chi connectivity index (χ1n) is 8.91. The first kappa shape index (κ1) is 28.8. The highest BCUT2D eigenvalue weighted by Crippen LogP contribution is 2.16. The largest absolute Gasteiger partial charge is 0.359 e. The fourth-order valence-corrected chi connectivity index (χ4v) is 1.19. The second kappa shape index (κ2) is 27.9. The maximum atomic E-state index is 10.1. The predicted molar refractivity (Wildman–Crippen MR) is 104 cm³/mol. The van der Waals surface area contributed by atoms with E-state index in [0.717, 1.165) is 0 Å². The third kappa shape index (κ3) is 21.0. The normalized spacial score (nSPS) is 8.82. The van der Waals surface area contributed by atoms with E-state index in [1.54, 1.807) is 7.05 Å². The third-order valence-electron chi connectivity index (χ3n) is 2.58. The maximum absolute atomic E-state index is 10.1. The van der Waals surface area contributed by atoms with Crippen molar-refractivity contribution in [1.29, 1.82) is 0 Å². The molecule has 0 bridgehead atoms. The van der Waals surface area contributed by atoms with Crippen LogP contribution in [0.3, 0.4) is 0 Å². The van der Waals surface area contributed by atoms with Crippen molar-refractivity contribution >= 4 is 5.91 Å². The number of rotatable bonds is 3. The molecular weight excluding hydrogens is 270 g/mol. The Kier molecular flexibility index (Phi) is 36.6. The minimum atomic E-state index is 0.0926. The van der Waals surface area contributed by atoms with Gasteiger partial charge in [-0.25, -0.2) is 0 Å². The van der Waals surface area contributed by atoms with Crippen molar-refractivity contribution in [2.45, 2.75) is 81.1 Å². The summed E-state index contributed by atoms with van der Waals surface area (Å²) in [7, 11) is 1.63. The van der Waals surface area contributed by atoms with Crippen LogP contribution in [0.4, 0.5) is 0 Å². The monoisotopic (exact) mass is 311 g/mol. The molecule has 0 saturated carbocycles. The molecule has 132 valence electrons. The van der Waals surface area contributed by atoms with Crippen LogP contribution in [0.25, 0.3) is 0 Å². The Bertz CT molecular complexity index is 277. The fraction of sp³-hybridized carbons (Fsp3) is 0.650. The molecule has 0 heterocycles. The molecule has 1 rings (SSSR count). The Balaban J connectivity index is -0.000000117. The zero-order valence-electron chi connectivity index (χ0n) is 16.8. The van der Waals surface area contributed by atoms with Gasteiger partial charge >= 0.3 is 0 Å². The molecule has 1 N–H and O–H groups in total. The summed E-state index contributed by atoms with van der Waals surface area (Å²) in [5, 5.41) is 2.48. The van der Waals surface area contributed by atoms with Crippen LogP contribution >= 0.6 is 0 Å². The molecule has 1 unspecified atom stereocenters. The van der Waals surface area contributed by atoms with Gasteiger partial charge in [0.2, 0.25) is 5.91 Å². The first-order valence-corrected chi connectivity index (χ1v) is 8.91. The molecule has 0 aromatic heterocycles. The minimum absolute atomic E-state index is 0.0926. The van der Waals surface area contributed by atoms with E-state index < -0.39 is 0 Å². The molecule has 0 aliphatic heterocycles. The van der Waals surface area contributed by atoms with Gasteiger partial charge in [0.05, 0.1) is 0 Å². The second-order valence-electron chi connectivity index (χ2n) is 3.75. The summed E-state index contributed by atoms with van der Waals surface area (Å²) in [4.78, 5) is 10.1. The number of amides is 1. The smallest absolute Gasteiger partial charge is 0.219 e. The first-order chi connectivity index (χ1) is 10.7. The van der Waals surface area contributed by atoms with E-state index in [1.165, 1.54) is 12.0 Å². The number of benzene rings is 1. The van der Waals surface area contributed by atoms with Gasteiger partial charge in [0.25, 0.3) is 0 Å². The van der Waals surface area contributed by atoms with E-state index in [2.05, 4.69) is 49.5 Å². The van der Waals surface area contributed by atoms with Gasteiger partial charge in [-0.2, -0.15) is 0 Å². The van der Waals surface area contributed by atoms with Gasteiger partial charge in [0, 0.05) is 13.5 Å². The molecule has 22 heavy (non-hydrogen) atoms. The highest BCUT2D eigenvalue weighted by atomic mass is 16.1. The molecule has 0 aliphatic carbocycles. The van der Waals surface area contributed by atoms with Crippen molar-refractivity contribution in [3.8, 4) is 0 Å². The van der Waals surface area contributed by atoms with Crippen LogP contribution in [0.15, 0.2) is 30.3 Å². The number of hydrogen-bond donors (Lipinski definition) is 1. The summed E-state index contributed by atoms with van der Waals surface area (Å²) in [6, 6.07) is 10.6. The van der Waals surface area contributed by atoms with Gasteiger partial charge in [-0.3, -0.25) is 4.79 Å². The van der Waals surface area contributed by atoms with E-state index in [1.807, 2.05) is 48.5 Å². The Morgan fingerprint density at radius 1 is 0.955 bits per heavy atom. The lowest BCUT2D eigenvalue weighted by Crippen LogP contribution is -2.15. The molecule has 0 saturated heterocycles. The van der Waals surface area contributed by atoms with Crippen molar-refractivity contribution in [3.63, 3.8) is 0 Å². The Hall–Kier alpha value is -1.31. The van der Waals surface area contributed by atoms with Gasteiger partial charge < -0.3 is 5.32 Å². The van der Waals surface area contributed by atoms with Crippen molar-refractivity contribution in [1.82, 2.24) is 5.32 Å². The van der Waals surface area contributed by atoms with Gasteiger partial charge in [-0.05, 0) is 17.9 Å². The van der Waals surface area contributed by atoms with E-state index in [-0.39, 0.29) is 5.91 Å². The number of nitrogens with one attached hydrogen (secondary N) is 1. The summed E-state index contributed by atoms with van der Waals surface area (Å²) in [6.45, 7) is 18.3. The lowest BCUT2D eigenvalue weighted by molar-refractivity contribution is -0.120. The number of carbonyl (C=O) groups excluding carboxylic acids is 1. The lowest BCUT2D eigenvalue weighted by atomic mass is 9.99. The highest BCUT2D eigenvalue weighted by Gasteiger charge is 1.98. The van der Waals surface area contributed by atoms with Gasteiger partial charge in [-0.15, -0.1) is 0 Å². The Labute approximate surface area is 140 Å². The third-order valence-corrected chi connectivity index (χ3v) is 2.58. The van der Waals surface area contributed by atoms with Gasteiger partial charge in [0.15, 0.2) is 0 Å². The zero-order valence-corrected chi connectivity index (χ0v) is 16.8. The van der Waals surface area contributed by atoms with Gasteiger partial charge in [0.1, 0.15) is 0 Å². The molecule has 0 radical (unpaired) electrons. The van der Waals surface area contributed by atoms with Crippen LogP contribution < -0.4 is 5.32 Å².